The van der Waals surface area contributed by atoms with Crippen molar-refractivity contribution >= 4 is 28.5 Å². The van der Waals surface area contributed by atoms with Gasteiger partial charge >= 0.3 is 0 Å². The molecule has 2 heterocycles. The highest BCUT2D eigenvalue weighted by atomic mass is 32.2. The summed E-state index contributed by atoms with van der Waals surface area (Å²) in [6, 6.07) is 10.4. The van der Waals surface area contributed by atoms with Crippen molar-refractivity contribution in [2.75, 3.05) is 23.7 Å². The van der Waals surface area contributed by atoms with Crippen LogP contribution in [0.2, 0.25) is 0 Å². The number of anilines is 1. The number of hydrogen-bond acceptors (Lipinski definition) is 4. The molecule has 106 valence electrons. The summed E-state index contributed by atoms with van der Waals surface area (Å²) < 4.78 is 0.275. The lowest BCUT2D eigenvalue weighted by molar-refractivity contribution is 0.640. The Hall–Kier alpha value is -1.26. The largest absolute Gasteiger partial charge is 0.354 e. The lowest BCUT2D eigenvalue weighted by atomic mass is 10.1. The first-order valence-electron chi connectivity index (χ1n) is 7.07. The Kier molecular flexibility index (Phi) is 3.61. The number of benzene rings is 1. The van der Waals surface area contributed by atoms with Crippen LogP contribution in [0, 0.1) is 0 Å². The minimum absolute atomic E-state index is 0.275. The Morgan fingerprint density at radius 3 is 2.90 bits per heavy atom. The molecule has 0 unspecified atom stereocenters. The van der Waals surface area contributed by atoms with Gasteiger partial charge in [0.05, 0.1) is 5.52 Å². The molecule has 0 bridgehead atoms. The van der Waals surface area contributed by atoms with Crippen LogP contribution in [0.1, 0.15) is 19.4 Å². The van der Waals surface area contributed by atoms with Gasteiger partial charge in [-0.15, -0.1) is 0 Å². The molecule has 0 amide bonds. The van der Waals surface area contributed by atoms with Crippen LogP contribution < -0.4 is 10.6 Å². The van der Waals surface area contributed by atoms with Gasteiger partial charge in [-0.05, 0) is 26.0 Å². The smallest absolute Gasteiger partial charge is 0.133 e. The van der Waals surface area contributed by atoms with Gasteiger partial charge < -0.3 is 10.6 Å². The van der Waals surface area contributed by atoms with Crippen molar-refractivity contribution in [2.24, 2.45) is 5.73 Å². The Morgan fingerprint density at radius 2 is 2.15 bits per heavy atom. The van der Waals surface area contributed by atoms with Gasteiger partial charge in [-0.1, -0.05) is 18.2 Å². The van der Waals surface area contributed by atoms with E-state index in [9.17, 15) is 0 Å². The third kappa shape index (κ3) is 2.63. The van der Waals surface area contributed by atoms with E-state index >= 15 is 0 Å². The number of para-hydroxylation sites is 1. The molecule has 1 aliphatic heterocycles. The first-order chi connectivity index (χ1) is 9.59. The first kappa shape index (κ1) is 13.7. The summed E-state index contributed by atoms with van der Waals surface area (Å²) in [5.41, 5.74) is 8.14. The SMILES string of the molecule is CC1(C)CN(c2nc3ccccc3cc2CN)CCS1. The van der Waals surface area contributed by atoms with Crippen LogP contribution in [0.3, 0.4) is 0 Å². The highest BCUT2D eigenvalue weighted by molar-refractivity contribution is 8.00. The number of nitrogens with two attached hydrogens (primary N) is 1. The normalized spacial score (nSPS) is 18.4. The third-order valence-electron chi connectivity index (χ3n) is 3.73. The summed E-state index contributed by atoms with van der Waals surface area (Å²) in [5, 5.41) is 1.17. The zero-order valence-electron chi connectivity index (χ0n) is 12.1. The third-order valence-corrected chi connectivity index (χ3v) is 5.02. The summed E-state index contributed by atoms with van der Waals surface area (Å²) in [4.78, 5) is 7.27. The number of rotatable bonds is 2. The molecule has 4 heteroatoms. The van der Waals surface area contributed by atoms with E-state index in [1.54, 1.807) is 0 Å². The fourth-order valence-electron chi connectivity index (χ4n) is 2.77. The van der Waals surface area contributed by atoms with Crippen LogP contribution in [0.15, 0.2) is 30.3 Å². The van der Waals surface area contributed by atoms with Crippen molar-refractivity contribution < 1.29 is 0 Å². The van der Waals surface area contributed by atoms with Gasteiger partial charge in [0.25, 0.3) is 0 Å². The maximum Gasteiger partial charge on any atom is 0.133 e. The predicted molar refractivity (Wildman–Crippen MR) is 88.4 cm³/mol. The molecule has 0 saturated carbocycles. The molecule has 0 radical (unpaired) electrons. The summed E-state index contributed by atoms with van der Waals surface area (Å²) in [5.74, 6) is 2.21. The van der Waals surface area contributed by atoms with E-state index < -0.39 is 0 Å². The Labute approximate surface area is 124 Å². The molecule has 20 heavy (non-hydrogen) atoms. The van der Waals surface area contributed by atoms with E-state index in [2.05, 4.69) is 36.9 Å². The fourth-order valence-corrected chi connectivity index (χ4v) is 3.88. The van der Waals surface area contributed by atoms with Crippen molar-refractivity contribution in [1.29, 1.82) is 0 Å². The van der Waals surface area contributed by atoms with Gasteiger partial charge in [0.15, 0.2) is 0 Å². The molecule has 2 aromatic rings. The molecule has 3 rings (SSSR count). The number of pyridine rings is 1. The first-order valence-corrected chi connectivity index (χ1v) is 8.05. The van der Waals surface area contributed by atoms with Gasteiger partial charge in [-0.2, -0.15) is 11.8 Å². The average molecular weight is 287 g/mol. The van der Waals surface area contributed by atoms with Gasteiger partial charge in [0.2, 0.25) is 0 Å². The van der Waals surface area contributed by atoms with E-state index in [1.807, 2.05) is 23.9 Å². The number of hydrogen-bond donors (Lipinski definition) is 1. The van der Waals surface area contributed by atoms with Crippen molar-refractivity contribution in [3.63, 3.8) is 0 Å². The highest BCUT2D eigenvalue weighted by Crippen LogP contribution is 2.33. The van der Waals surface area contributed by atoms with Crippen molar-refractivity contribution in [3.8, 4) is 0 Å². The van der Waals surface area contributed by atoms with Crippen molar-refractivity contribution in [2.45, 2.75) is 25.1 Å². The Bertz CT molecular complexity index is 624. The van der Waals surface area contributed by atoms with Crippen LogP contribution in [-0.2, 0) is 6.54 Å². The molecule has 2 N–H and O–H groups in total. The minimum atomic E-state index is 0.275. The second-order valence-corrected chi connectivity index (χ2v) is 7.70. The zero-order chi connectivity index (χ0) is 14.2. The zero-order valence-corrected chi connectivity index (χ0v) is 12.9. The van der Waals surface area contributed by atoms with E-state index in [4.69, 9.17) is 10.7 Å². The average Bonchev–Trinajstić information content (AvgIpc) is 2.44. The molecular weight excluding hydrogens is 266 g/mol. The molecule has 0 spiro atoms. The summed E-state index contributed by atoms with van der Waals surface area (Å²) in [6.45, 7) is 7.21. The molecule has 0 atom stereocenters. The lowest BCUT2D eigenvalue weighted by Crippen LogP contribution is -2.44. The fraction of sp³-hybridized carbons (Fsp3) is 0.438. The molecule has 1 aromatic heterocycles. The van der Waals surface area contributed by atoms with Gasteiger partial charge in [0.1, 0.15) is 5.82 Å². The highest BCUT2D eigenvalue weighted by Gasteiger charge is 2.28. The standard InChI is InChI=1S/C16H21N3S/c1-16(2)11-19(7-8-20-16)15-13(10-17)9-12-5-3-4-6-14(12)18-15/h3-6,9H,7-8,10-11,17H2,1-2H3. The number of aromatic nitrogens is 1. The number of fused-ring (bicyclic) bond motifs is 1. The van der Waals surface area contributed by atoms with Gasteiger partial charge in [-0.25, -0.2) is 4.98 Å². The Balaban J connectivity index is 2.05. The number of nitrogens with zero attached hydrogens (tertiary/aromatic N) is 2. The van der Waals surface area contributed by atoms with E-state index in [0.717, 1.165) is 35.7 Å². The lowest BCUT2D eigenvalue weighted by Gasteiger charge is -2.39. The van der Waals surface area contributed by atoms with E-state index in [1.165, 1.54) is 5.39 Å². The molecule has 3 nitrogen and oxygen atoms in total. The molecule has 0 aliphatic carbocycles. The molecule has 1 aliphatic rings. The van der Waals surface area contributed by atoms with Crippen LogP contribution in [0.4, 0.5) is 5.82 Å². The van der Waals surface area contributed by atoms with Crippen LogP contribution in [0.5, 0.6) is 0 Å². The van der Waals surface area contributed by atoms with E-state index in [-0.39, 0.29) is 4.75 Å². The quantitative estimate of drug-likeness (QED) is 0.922. The molecule has 1 saturated heterocycles. The van der Waals surface area contributed by atoms with Crippen molar-refractivity contribution in [3.05, 3.63) is 35.9 Å². The maximum absolute atomic E-state index is 5.94. The summed E-state index contributed by atoms with van der Waals surface area (Å²) in [6.07, 6.45) is 0. The van der Waals surface area contributed by atoms with Crippen molar-refractivity contribution in [1.82, 2.24) is 4.98 Å². The second kappa shape index (κ2) is 5.26. The number of thioether (sulfide) groups is 1. The predicted octanol–water partition coefficient (Wildman–Crippen LogP) is 3.03. The Morgan fingerprint density at radius 1 is 1.35 bits per heavy atom. The van der Waals surface area contributed by atoms with Gasteiger partial charge in [-0.3, -0.25) is 0 Å². The summed E-state index contributed by atoms with van der Waals surface area (Å²) >= 11 is 2.04. The van der Waals surface area contributed by atoms with Crippen LogP contribution in [-0.4, -0.2) is 28.6 Å². The van der Waals surface area contributed by atoms with Crippen LogP contribution in [0.25, 0.3) is 10.9 Å². The van der Waals surface area contributed by atoms with Gasteiger partial charge in [0, 0.05) is 41.1 Å². The van der Waals surface area contributed by atoms with Crippen LogP contribution >= 0.6 is 11.8 Å². The monoisotopic (exact) mass is 287 g/mol. The summed E-state index contributed by atoms with van der Waals surface area (Å²) in [7, 11) is 0. The second-order valence-electron chi connectivity index (χ2n) is 5.90. The molecular formula is C16H21N3S. The maximum atomic E-state index is 5.94. The molecule has 1 fully saturated rings. The topological polar surface area (TPSA) is 42.2 Å². The minimum Gasteiger partial charge on any atom is -0.354 e. The molecule has 1 aromatic carbocycles. The van der Waals surface area contributed by atoms with E-state index in [0.29, 0.717) is 6.54 Å².